The molecule has 2 fully saturated rings. The summed E-state index contributed by atoms with van der Waals surface area (Å²) in [6.45, 7) is 4.90. The van der Waals surface area contributed by atoms with Crippen molar-refractivity contribution in [3.05, 3.63) is 64.7 Å². The second kappa shape index (κ2) is 10.1. The molecule has 2 aliphatic heterocycles. The fourth-order valence-corrected chi connectivity index (χ4v) is 6.94. The van der Waals surface area contributed by atoms with Crippen LogP contribution in [0.5, 0.6) is 0 Å². The molecule has 0 spiro atoms. The van der Waals surface area contributed by atoms with Gasteiger partial charge in [-0.3, -0.25) is 4.79 Å². The Kier molecular flexibility index (Phi) is 7.43. The van der Waals surface area contributed by atoms with Crippen LogP contribution in [0, 0.1) is 0 Å². The van der Waals surface area contributed by atoms with Gasteiger partial charge in [-0.2, -0.15) is 4.31 Å². The van der Waals surface area contributed by atoms with E-state index >= 15 is 0 Å². The number of carbonyl (C=O) groups excluding carboxylic acids is 1. The van der Waals surface area contributed by atoms with Gasteiger partial charge in [0, 0.05) is 31.2 Å². The van der Waals surface area contributed by atoms with Gasteiger partial charge in [0.2, 0.25) is 10.0 Å². The van der Waals surface area contributed by atoms with Gasteiger partial charge < -0.3 is 9.64 Å². The second-order valence-corrected chi connectivity index (χ2v) is 11.4. The van der Waals surface area contributed by atoms with Crippen LogP contribution < -0.4 is 0 Å². The van der Waals surface area contributed by atoms with Gasteiger partial charge in [-0.05, 0) is 63.3 Å². The summed E-state index contributed by atoms with van der Waals surface area (Å²) >= 11 is 6.32. The van der Waals surface area contributed by atoms with Gasteiger partial charge in [-0.25, -0.2) is 8.42 Å². The van der Waals surface area contributed by atoms with Crippen LogP contribution in [-0.4, -0.2) is 61.4 Å². The summed E-state index contributed by atoms with van der Waals surface area (Å²) in [5.41, 5.74) is 1.62. The first-order valence-corrected chi connectivity index (χ1v) is 13.4. The molecule has 0 N–H and O–H groups in total. The minimum atomic E-state index is -3.85. The van der Waals surface area contributed by atoms with Crippen molar-refractivity contribution >= 4 is 27.5 Å². The summed E-state index contributed by atoms with van der Waals surface area (Å²) in [5.74, 6) is -0.137. The molecule has 0 aliphatic carbocycles. The standard InChI is InChI=1S/C25H31ClN2O4S/c1-18-16-27(17-19(2)32-18)33(30,31)24-15-21(11-13-23(24)26)25(29)28-14-6-9-22(28)12-10-20-7-4-3-5-8-20/h3-5,7-8,11,13,15,18-19,22H,6,9-10,12,14,16-17H2,1-2H3. The maximum Gasteiger partial charge on any atom is 0.254 e. The summed E-state index contributed by atoms with van der Waals surface area (Å²) in [4.78, 5) is 15.3. The predicted octanol–water partition coefficient (Wildman–Crippen LogP) is 4.38. The smallest absolute Gasteiger partial charge is 0.254 e. The number of likely N-dealkylation sites (tertiary alicyclic amines) is 1. The highest BCUT2D eigenvalue weighted by Crippen LogP contribution is 2.30. The highest BCUT2D eigenvalue weighted by atomic mass is 35.5. The molecular formula is C25H31ClN2O4S. The van der Waals surface area contributed by atoms with Crippen molar-refractivity contribution in [3.63, 3.8) is 0 Å². The van der Waals surface area contributed by atoms with E-state index in [1.807, 2.05) is 36.9 Å². The fraction of sp³-hybridized carbons (Fsp3) is 0.480. The number of nitrogens with zero attached hydrogens (tertiary/aromatic N) is 2. The fourth-order valence-electron chi connectivity index (χ4n) is 4.85. The maximum atomic E-state index is 13.4. The average Bonchev–Trinajstić information content (AvgIpc) is 3.26. The van der Waals surface area contributed by atoms with Crippen molar-refractivity contribution in [2.24, 2.45) is 0 Å². The largest absolute Gasteiger partial charge is 0.373 e. The normalized spacial score (nSPS) is 24.2. The number of rotatable bonds is 6. The number of halogens is 1. The topological polar surface area (TPSA) is 66.9 Å². The lowest BCUT2D eigenvalue weighted by Gasteiger charge is -2.34. The highest BCUT2D eigenvalue weighted by Gasteiger charge is 2.35. The van der Waals surface area contributed by atoms with Gasteiger partial charge in [0.05, 0.1) is 17.2 Å². The number of aryl methyl sites for hydroxylation is 1. The van der Waals surface area contributed by atoms with Gasteiger partial charge >= 0.3 is 0 Å². The van der Waals surface area contributed by atoms with Crippen molar-refractivity contribution in [1.29, 1.82) is 0 Å². The van der Waals surface area contributed by atoms with Crippen molar-refractivity contribution in [1.82, 2.24) is 9.21 Å². The lowest BCUT2D eigenvalue weighted by Crippen LogP contribution is -2.48. The Labute approximate surface area is 201 Å². The van der Waals surface area contributed by atoms with E-state index in [0.29, 0.717) is 12.1 Å². The van der Waals surface area contributed by atoms with Crippen LogP contribution in [0.15, 0.2) is 53.4 Å². The van der Waals surface area contributed by atoms with Gasteiger partial charge in [0.25, 0.3) is 5.91 Å². The molecule has 2 aromatic carbocycles. The first-order valence-electron chi connectivity index (χ1n) is 11.6. The number of hydrogen-bond acceptors (Lipinski definition) is 4. The van der Waals surface area contributed by atoms with Crippen LogP contribution in [-0.2, 0) is 21.2 Å². The first-order chi connectivity index (χ1) is 15.8. The molecule has 3 unspecified atom stereocenters. The summed E-state index contributed by atoms with van der Waals surface area (Å²) in [6, 6.07) is 15.0. The molecule has 33 heavy (non-hydrogen) atoms. The Morgan fingerprint density at radius 1 is 1.09 bits per heavy atom. The molecule has 6 nitrogen and oxygen atoms in total. The number of carbonyl (C=O) groups is 1. The highest BCUT2D eigenvalue weighted by molar-refractivity contribution is 7.89. The molecule has 2 saturated heterocycles. The zero-order valence-electron chi connectivity index (χ0n) is 19.1. The predicted molar refractivity (Wildman–Crippen MR) is 129 cm³/mol. The molecule has 2 heterocycles. The van der Waals surface area contributed by atoms with E-state index in [2.05, 4.69) is 12.1 Å². The first kappa shape index (κ1) is 24.2. The van der Waals surface area contributed by atoms with Crippen molar-refractivity contribution in [2.75, 3.05) is 19.6 Å². The van der Waals surface area contributed by atoms with Crippen LogP contribution in [0.3, 0.4) is 0 Å². The molecule has 4 rings (SSSR count). The molecule has 0 radical (unpaired) electrons. The molecule has 8 heteroatoms. The minimum absolute atomic E-state index is 0.0173. The Balaban J connectivity index is 1.53. The Morgan fingerprint density at radius 2 is 1.79 bits per heavy atom. The molecule has 0 bridgehead atoms. The van der Waals surface area contributed by atoms with Crippen LogP contribution in [0.4, 0.5) is 0 Å². The van der Waals surface area contributed by atoms with E-state index in [1.54, 1.807) is 6.07 Å². The zero-order valence-corrected chi connectivity index (χ0v) is 20.7. The van der Waals surface area contributed by atoms with Crippen LogP contribution in [0.25, 0.3) is 0 Å². The lowest BCUT2D eigenvalue weighted by molar-refractivity contribution is -0.0440. The molecule has 0 aromatic heterocycles. The van der Waals surface area contributed by atoms with Gasteiger partial charge in [-0.1, -0.05) is 41.9 Å². The van der Waals surface area contributed by atoms with E-state index < -0.39 is 10.0 Å². The summed E-state index contributed by atoms with van der Waals surface area (Å²) in [6.07, 6.45) is 3.29. The van der Waals surface area contributed by atoms with Gasteiger partial charge in [-0.15, -0.1) is 0 Å². The summed E-state index contributed by atoms with van der Waals surface area (Å²) in [7, 11) is -3.85. The molecular weight excluding hydrogens is 460 g/mol. The maximum absolute atomic E-state index is 13.4. The number of hydrogen-bond donors (Lipinski definition) is 0. The van der Waals surface area contributed by atoms with Crippen LogP contribution >= 0.6 is 11.6 Å². The molecule has 178 valence electrons. The molecule has 2 aromatic rings. The van der Waals surface area contributed by atoms with Crippen LogP contribution in [0.1, 0.15) is 49.0 Å². The molecule has 3 atom stereocenters. The van der Waals surface area contributed by atoms with E-state index in [1.165, 1.54) is 22.0 Å². The quantitative estimate of drug-likeness (QED) is 0.602. The molecule has 2 aliphatic rings. The van der Waals surface area contributed by atoms with E-state index in [0.717, 1.165) is 25.7 Å². The van der Waals surface area contributed by atoms with E-state index in [-0.39, 0.29) is 47.2 Å². The number of benzene rings is 2. The van der Waals surface area contributed by atoms with E-state index in [9.17, 15) is 13.2 Å². The third-order valence-corrected chi connectivity index (χ3v) is 8.74. The van der Waals surface area contributed by atoms with Crippen molar-refractivity contribution < 1.29 is 17.9 Å². The average molecular weight is 491 g/mol. The van der Waals surface area contributed by atoms with Gasteiger partial charge in [0.15, 0.2) is 0 Å². The third kappa shape index (κ3) is 5.43. The lowest BCUT2D eigenvalue weighted by atomic mass is 10.0. The number of morpholine rings is 1. The van der Waals surface area contributed by atoms with Crippen molar-refractivity contribution in [2.45, 2.75) is 62.7 Å². The number of sulfonamides is 1. The zero-order chi connectivity index (χ0) is 23.6. The Bertz CT molecular complexity index is 1080. The van der Waals surface area contributed by atoms with Crippen molar-refractivity contribution in [3.8, 4) is 0 Å². The monoisotopic (exact) mass is 490 g/mol. The molecule has 1 amide bonds. The Morgan fingerprint density at radius 3 is 2.48 bits per heavy atom. The van der Waals surface area contributed by atoms with E-state index in [4.69, 9.17) is 16.3 Å². The summed E-state index contributed by atoms with van der Waals surface area (Å²) in [5, 5.41) is 0.125. The number of ether oxygens (including phenoxy) is 1. The minimum Gasteiger partial charge on any atom is -0.373 e. The summed E-state index contributed by atoms with van der Waals surface area (Å²) < 4.78 is 33.8. The SMILES string of the molecule is CC1CN(S(=O)(=O)c2cc(C(=O)N3CCCC3CCc3ccccc3)ccc2Cl)CC(C)O1. The number of amides is 1. The molecule has 0 saturated carbocycles. The Hall–Kier alpha value is -1.93. The second-order valence-electron chi connectivity index (χ2n) is 9.04. The van der Waals surface area contributed by atoms with Gasteiger partial charge in [0.1, 0.15) is 4.90 Å². The third-order valence-electron chi connectivity index (χ3n) is 6.43. The van der Waals surface area contributed by atoms with Crippen LogP contribution in [0.2, 0.25) is 5.02 Å².